The normalized spacial score (nSPS) is 11.4. The summed E-state index contributed by atoms with van der Waals surface area (Å²) in [5.41, 5.74) is 3.64. The number of primary sulfonamides is 1. The number of carbonyl (C=O) groups excluding carboxylic acids is 1. The second-order valence-corrected chi connectivity index (χ2v) is 9.65. The Labute approximate surface area is 200 Å². The highest BCUT2D eigenvalue weighted by Crippen LogP contribution is 2.39. The van der Waals surface area contributed by atoms with E-state index in [1.807, 2.05) is 12.1 Å². The quantitative estimate of drug-likeness (QED) is 0.396. The van der Waals surface area contributed by atoms with Crippen molar-refractivity contribution in [1.82, 2.24) is 9.78 Å². The van der Waals surface area contributed by atoms with Gasteiger partial charge in [0, 0.05) is 28.1 Å². The first-order chi connectivity index (χ1) is 15.6. The molecule has 0 atom stereocenters. The summed E-state index contributed by atoms with van der Waals surface area (Å²) in [4.78, 5) is 12.1. The van der Waals surface area contributed by atoms with Crippen LogP contribution in [0.25, 0.3) is 28.2 Å². The smallest absolute Gasteiger partial charge is 0.238 e. The summed E-state index contributed by atoms with van der Waals surface area (Å²) in [5.74, 6) is -0.274. The maximum absolute atomic E-state index is 12.1. The average Bonchev–Trinajstić information content (AvgIpc) is 3.13. The van der Waals surface area contributed by atoms with Crippen LogP contribution in [0.1, 0.15) is 6.92 Å². The SMILES string of the molecule is CC(=O)Nc1c(-c2ccc(Cl)cc2)nn(-c2ccc(S(N)(=O)=O)cc2)c1-c1ccc(Cl)cc1. The zero-order valence-corrected chi connectivity index (χ0v) is 19.6. The van der Waals surface area contributed by atoms with Crippen molar-refractivity contribution in [2.24, 2.45) is 5.14 Å². The molecule has 1 heterocycles. The van der Waals surface area contributed by atoms with E-state index in [1.54, 1.807) is 53.2 Å². The van der Waals surface area contributed by atoms with Crippen molar-refractivity contribution >= 4 is 44.8 Å². The average molecular weight is 501 g/mol. The molecule has 0 fully saturated rings. The van der Waals surface area contributed by atoms with Crippen LogP contribution in [0.3, 0.4) is 0 Å². The van der Waals surface area contributed by atoms with Gasteiger partial charge in [-0.3, -0.25) is 4.79 Å². The predicted octanol–water partition coefficient (Wildman–Crippen LogP) is 5.12. The fourth-order valence-corrected chi connectivity index (χ4v) is 4.13. The molecule has 0 aliphatic rings. The minimum absolute atomic E-state index is 0.0218. The molecule has 0 aliphatic heterocycles. The van der Waals surface area contributed by atoms with Crippen LogP contribution in [-0.2, 0) is 14.8 Å². The Morgan fingerprint density at radius 2 is 1.39 bits per heavy atom. The number of carbonyl (C=O) groups is 1. The van der Waals surface area contributed by atoms with Crippen LogP contribution in [0.5, 0.6) is 0 Å². The first-order valence-corrected chi connectivity index (χ1v) is 12.0. The van der Waals surface area contributed by atoms with Gasteiger partial charge >= 0.3 is 0 Å². The number of nitrogens with one attached hydrogen (secondary N) is 1. The van der Waals surface area contributed by atoms with Crippen molar-refractivity contribution in [2.45, 2.75) is 11.8 Å². The number of hydrogen-bond donors (Lipinski definition) is 2. The fourth-order valence-electron chi connectivity index (χ4n) is 3.36. The summed E-state index contributed by atoms with van der Waals surface area (Å²) >= 11 is 12.1. The Morgan fingerprint density at radius 3 is 1.88 bits per heavy atom. The number of halogens is 2. The fraction of sp³-hybridized carbons (Fsp3) is 0.0435. The summed E-state index contributed by atoms with van der Waals surface area (Å²) in [7, 11) is -3.85. The highest BCUT2D eigenvalue weighted by Gasteiger charge is 2.23. The van der Waals surface area contributed by atoms with E-state index in [4.69, 9.17) is 33.4 Å². The molecule has 0 radical (unpaired) electrons. The molecule has 0 saturated carbocycles. The number of rotatable bonds is 5. The molecule has 0 saturated heterocycles. The van der Waals surface area contributed by atoms with Crippen molar-refractivity contribution in [1.29, 1.82) is 0 Å². The van der Waals surface area contributed by atoms with Crippen LogP contribution in [0.15, 0.2) is 77.7 Å². The second-order valence-electron chi connectivity index (χ2n) is 7.22. The Balaban J connectivity index is 2.00. The second kappa shape index (κ2) is 8.99. The molecule has 33 heavy (non-hydrogen) atoms. The zero-order valence-electron chi connectivity index (χ0n) is 17.3. The number of nitrogens with zero attached hydrogens (tertiary/aromatic N) is 2. The van der Waals surface area contributed by atoms with Gasteiger partial charge in [0.1, 0.15) is 5.69 Å². The first-order valence-electron chi connectivity index (χ1n) is 9.69. The molecule has 1 aromatic heterocycles. The van der Waals surface area contributed by atoms with Gasteiger partial charge in [-0.05, 0) is 48.5 Å². The van der Waals surface area contributed by atoms with Crippen molar-refractivity contribution in [3.05, 3.63) is 82.8 Å². The van der Waals surface area contributed by atoms with Crippen LogP contribution in [0.2, 0.25) is 10.0 Å². The maximum Gasteiger partial charge on any atom is 0.238 e. The van der Waals surface area contributed by atoms with Gasteiger partial charge in [-0.1, -0.05) is 47.5 Å². The lowest BCUT2D eigenvalue weighted by Crippen LogP contribution is -2.12. The van der Waals surface area contributed by atoms with Crippen LogP contribution in [-0.4, -0.2) is 24.1 Å². The van der Waals surface area contributed by atoms with Gasteiger partial charge in [0.25, 0.3) is 0 Å². The van der Waals surface area contributed by atoms with Crippen LogP contribution in [0, 0.1) is 0 Å². The Kier molecular flexibility index (Phi) is 6.27. The van der Waals surface area contributed by atoms with E-state index in [0.717, 1.165) is 11.1 Å². The van der Waals surface area contributed by atoms with Gasteiger partial charge in [-0.25, -0.2) is 18.2 Å². The van der Waals surface area contributed by atoms with Gasteiger partial charge < -0.3 is 5.32 Å². The molecule has 10 heteroatoms. The third kappa shape index (κ3) is 4.94. The third-order valence-electron chi connectivity index (χ3n) is 4.83. The number of hydrogen-bond acceptors (Lipinski definition) is 4. The number of aromatic nitrogens is 2. The number of sulfonamides is 1. The standard InChI is InChI=1S/C23H18Cl2N4O3S/c1-14(30)27-22-21(15-2-6-17(24)7-3-15)28-29(23(22)16-4-8-18(25)9-5-16)19-10-12-20(13-11-19)33(26,31)32/h2-13H,1H3,(H,27,30)(H2,26,31,32). The third-order valence-corrected chi connectivity index (χ3v) is 6.26. The summed E-state index contributed by atoms with van der Waals surface area (Å²) in [6.07, 6.45) is 0. The molecule has 3 N–H and O–H groups in total. The molecule has 7 nitrogen and oxygen atoms in total. The maximum atomic E-state index is 12.1. The molecule has 0 bridgehead atoms. The molecule has 4 rings (SSSR count). The Hall–Kier alpha value is -3.17. The minimum Gasteiger partial charge on any atom is -0.323 e. The van der Waals surface area contributed by atoms with Crippen molar-refractivity contribution in [2.75, 3.05) is 5.32 Å². The van der Waals surface area contributed by atoms with E-state index in [1.165, 1.54) is 19.1 Å². The summed E-state index contributed by atoms with van der Waals surface area (Å²) in [5, 5.41) is 14.0. The van der Waals surface area contributed by atoms with Crippen molar-refractivity contribution < 1.29 is 13.2 Å². The molecule has 0 aliphatic carbocycles. The topological polar surface area (TPSA) is 107 Å². The predicted molar refractivity (Wildman–Crippen MR) is 130 cm³/mol. The van der Waals surface area contributed by atoms with Crippen LogP contribution < -0.4 is 10.5 Å². The van der Waals surface area contributed by atoms with Gasteiger partial charge in [0.15, 0.2) is 0 Å². The molecule has 4 aromatic rings. The van der Waals surface area contributed by atoms with Gasteiger partial charge in [-0.2, -0.15) is 5.10 Å². The molecule has 1 amide bonds. The molecule has 0 spiro atoms. The zero-order chi connectivity index (χ0) is 23.8. The molecule has 3 aromatic carbocycles. The number of amides is 1. The monoisotopic (exact) mass is 500 g/mol. The lowest BCUT2D eigenvalue weighted by atomic mass is 10.1. The van der Waals surface area contributed by atoms with Crippen molar-refractivity contribution in [3.8, 4) is 28.2 Å². The highest BCUT2D eigenvalue weighted by atomic mass is 35.5. The van der Waals surface area contributed by atoms with E-state index in [2.05, 4.69) is 5.32 Å². The Morgan fingerprint density at radius 1 is 0.879 bits per heavy atom. The lowest BCUT2D eigenvalue weighted by Gasteiger charge is -2.11. The van der Waals surface area contributed by atoms with Crippen LogP contribution >= 0.6 is 23.2 Å². The van der Waals surface area contributed by atoms with Gasteiger partial charge in [0.05, 0.1) is 22.0 Å². The van der Waals surface area contributed by atoms with E-state index in [9.17, 15) is 13.2 Å². The molecular weight excluding hydrogens is 483 g/mol. The summed E-state index contributed by atoms with van der Waals surface area (Å²) < 4.78 is 25.0. The lowest BCUT2D eigenvalue weighted by molar-refractivity contribution is -0.114. The largest absolute Gasteiger partial charge is 0.323 e. The number of anilines is 1. The van der Waals surface area contributed by atoms with Gasteiger partial charge in [0.2, 0.25) is 15.9 Å². The van der Waals surface area contributed by atoms with Crippen molar-refractivity contribution in [3.63, 3.8) is 0 Å². The van der Waals surface area contributed by atoms with Gasteiger partial charge in [-0.15, -0.1) is 0 Å². The number of benzene rings is 3. The molecule has 168 valence electrons. The summed E-state index contributed by atoms with van der Waals surface area (Å²) in [6, 6.07) is 20.1. The van der Waals surface area contributed by atoms with E-state index >= 15 is 0 Å². The molecular formula is C23H18Cl2N4O3S. The highest BCUT2D eigenvalue weighted by molar-refractivity contribution is 7.89. The number of nitrogens with two attached hydrogens (primary N) is 1. The van der Waals surface area contributed by atoms with E-state index in [-0.39, 0.29) is 10.8 Å². The van der Waals surface area contributed by atoms with E-state index < -0.39 is 10.0 Å². The molecule has 0 unspecified atom stereocenters. The first kappa shape index (κ1) is 23.0. The Bertz CT molecular complexity index is 1430. The minimum atomic E-state index is -3.85. The summed E-state index contributed by atoms with van der Waals surface area (Å²) in [6.45, 7) is 1.41. The van der Waals surface area contributed by atoms with Crippen LogP contribution in [0.4, 0.5) is 5.69 Å². The van der Waals surface area contributed by atoms with E-state index in [0.29, 0.717) is 32.8 Å².